The van der Waals surface area contributed by atoms with E-state index in [2.05, 4.69) is 5.32 Å². The number of hydrogen-bond donors (Lipinski definition) is 1. The second-order valence-corrected chi connectivity index (χ2v) is 7.24. The third-order valence-electron chi connectivity index (χ3n) is 4.56. The average Bonchev–Trinajstić information content (AvgIpc) is 2.72. The number of nitrogens with one attached hydrogen (secondary N) is 1. The van der Waals surface area contributed by atoms with Crippen molar-refractivity contribution in [2.75, 3.05) is 5.32 Å². The average molecular weight is 408 g/mol. The summed E-state index contributed by atoms with van der Waals surface area (Å²) >= 11 is 6.19. The fourth-order valence-corrected chi connectivity index (χ4v) is 3.11. The summed E-state index contributed by atoms with van der Waals surface area (Å²) in [5.41, 5.74) is 3.20. The largest absolute Gasteiger partial charge is 0.481 e. The highest BCUT2D eigenvalue weighted by atomic mass is 35.5. The Labute approximate surface area is 175 Å². The fourth-order valence-electron chi connectivity index (χ4n) is 3.00. The molecule has 3 aromatic rings. The molecule has 29 heavy (non-hydrogen) atoms. The lowest BCUT2D eigenvalue weighted by Crippen LogP contribution is -2.30. The van der Waals surface area contributed by atoms with Gasteiger partial charge in [0.25, 0.3) is 5.91 Å². The Morgan fingerprint density at radius 3 is 2.17 bits per heavy atom. The van der Waals surface area contributed by atoms with Crippen LogP contribution in [-0.4, -0.2) is 17.8 Å². The lowest BCUT2D eigenvalue weighted by Gasteiger charge is -2.17. The normalized spacial score (nSPS) is 11.6. The molecular formula is C24H22ClNO3. The number of carbonyl (C=O) groups is 2. The van der Waals surface area contributed by atoms with E-state index in [4.69, 9.17) is 16.3 Å². The van der Waals surface area contributed by atoms with Crippen LogP contribution < -0.4 is 10.1 Å². The van der Waals surface area contributed by atoms with E-state index in [1.165, 1.54) is 0 Å². The van der Waals surface area contributed by atoms with Gasteiger partial charge < -0.3 is 10.1 Å². The first kappa shape index (κ1) is 20.6. The summed E-state index contributed by atoms with van der Waals surface area (Å²) in [6, 6.07) is 19.5. The van der Waals surface area contributed by atoms with Gasteiger partial charge in [0.15, 0.2) is 11.9 Å². The van der Waals surface area contributed by atoms with Crippen LogP contribution in [0, 0.1) is 13.8 Å². The van der Waals surface area contributed by atoms with E-state index in [-0.39, 0.29) is 11.7 Å². The lowest BCUT2D eigenvalue weighted by atomic mass is 10.0. The monoisotopic (exact) mass is 407 g/mol. The minimum atomic E-state index is -0.755. The molecule has 3 aromatic carbocycles. The maximum Gasteiger partial charge on any atom is 0.265 e. The van der Waals surface area contributed by atoms with Gasteiger partial charge in [-0.3, -0.25) is 9.59 Å². The molecule has 0 heterocycles. The van der Waals surface area contributed by atoms with E-state index in [1.54, 1.807) is 67.6 Å². The van der Waals surface area contributed by atoms with Crippen LogP contribution in [0.1, 0.15) is 34.0 Å². The van der Waals surface area contributed by atoms with E-state index < -0.39 is 6.10 Å². The lowest BCUT2D eigenvalue weighted by molar-refractivity contribution is -0.122. The summed E-state index contributed by atoms with van der Waals surface area (Å²) < 4.78 is 5.79. The van der Waals surface area contributed by atoms with Gasteiger partial charge in [-0.15, -0.1) is 0 Å². The first-order valence-electron chi connectivity index (χ1n) is 9.30. The number of hydrogen-bond acceptors (Lipinski definition) is 3. The highest BCUT2D eigenvalue weighted by Gasteiger charge is 2.19. The molecule has 1 N–H and O–H groups in total. The maximum atomic E-state index is 12.8. The van der Waals surface area contributed by atoms with E-state index >= 15 is 0 Å². The van der Waals surface area contributed by atoms with Crippen LogP contribution in [0.15, 0.2) is 66.7 Å². The van der Waals surface area contributed by atoms with Gasteiger partial charge >= 0.3 is 0 Å². The zero-order valence-corrected chi connectivity index (χ0v) is 17.3. The number of ether oxygens (including phenoxy) is 1. The summed E-state index contributed by atoms with van der Waals surface area (Å²) in [6.07, 6.45) is -0.755. The predicted molar refractivity (Wildman–Crippen MR) is 116 cm³/mol. The molecule has 0 radical (unpaired) electrons. The van der Waals surface area contributed by atoms with Crippen molar-refractivity contribution >= 4 is 29.0 Å². The number of rotatable bonds is 6. The molecule has 0 aliphatic rings. The Bertz CT molecular complexity index is 1020. The third kappa shape index (κ3) is 4.84. The molecule has 1 atom stereocenters. The number of amides is 1. The molecule has 3 rings (SSSR count). The summed E-state index contributed by atoms with van der Waals surface area (Å²) in [4.78, 5) is 25.5. The molecule has 0 spiro atoms. The van der Waals surface area contributed by atoms with Crippen molar-refractivity contribution in [3.63, 3.8) is 0 Å². The van der Waals surface area contributed by atoms with Crippen LogP contribution in [-0.2, 0) is 4.79 Å². The van der Waals surface area contributed by atoms with Crippen LogP contribution >= 0.6 is 11.6 Å². The van der Waals surface area contributed by atoms with Crippen molar-refractivity contribution < 1.29 is 14.3 Å². The smallest absolute Gasteiger partial charge is 0.265 e. The molecule has 0 saturated heterocycles. The van der Waals surface area contributed by atoms with Gasteiger partial charge in [0.1, 0.15) is 5.75 Å². The van der Waals surface area contributed by atoms with Gasteiger partial charge in [0, 0.05) is 16.1 Å². The van der Waals surface area contributed by atoms with E-state index in [1.807, 2.05) is 19.9 Å². The maximum absolute atomic E-state index is 12.8. The predicted octanol–water partition coefficient (Wildman–Crippen LogP) is 5.59. The number of aryl methyl sites for hydroxylation is 2. The zero-order valence-electron chi connectivity index (χ0n) is 16.5. The van der Waals surface area contributed by atoms with Crippen LogP contribution in [0.4, 0.5) is 5.69 Å². The van der Waals surface area contributed by atoms with Crippen molar-refractivity contribution in [2.45, 2.75) is 26.9 Å². The van der Waals surface area contributed by atoms with Gasteiger partial charge in [0.2, 0.25) is 0 Å². The van der Waals surface area contributed by atoms with Gasteiger partial charge in [0.05, 0.1) is 5.69 Å². The van der Waals surface area contributed by atoms with Crippen molar-refractivity contribution in [3.8, 4) is 5.75 Å². The van der Waals surface area contributed by atoms with Gasteiger partial charge in [-0.2, -0.15) is 0 Å². The van der Waals surface area contributed by atoms with Gasteiger partial charge in [-0.05, 0) is 56.2 Å². The topological polar surface area (TPSA) is 55.4 Å². The van der Waals surface area contributed by atoms with Crippen molar-refractivity contribution in [2.24, 2.45) is 0 Å². The first-order chi connectivity index (χ1) is 13.9. The summed E-state index contributed by atoms with van der Waals surface area (Å²) in [6.45, 7) is 5.44. The molecule has 0 aliphatic carbocycles. The Hall–Kier alpha value is -3.11. The van der Waals surface area contributed by atoms with E-state index in [0.29, 0.717) is 27.6 Å². The summed E-state index contributed by atoms with van der Waals surface area (Å²) in [5.74, 6) is 0.0725. The standard InChI is InChI=1S/C24H22ClNO3/c1-15-13-19(14-16(2)22(15)25)29-17(3)24(28)26-21-12-8-7-11-20(21)23(27)18-9-5-4-6-10-18/h4-14,17H,1-3H3,(H,26,28)/t17-/m1/s1. The second kappa shape index (κ2) is 8.93. The zero-order chi connectivity index (χ0) is 21.0. The second-order valence-electron chi connectivity index (χ2n) is 6.86. The number of benzene rings is 3. The molecule has 0 bridgehead atoms. The molecule has 0 aromatic heterocycles. The Morgan fingerprint density at radius 1 is 0.931 bits per heavy atom. The molecule has 0 saturated carbocycles. The Kier molecular flexibility index (Phi) is 6.35. The van der Waals surface area contributed by atoms with Crippen molar-refractivity contribution in [1.82, 2.24) is 0 Å². The first-order valence-corrected chi connectivity index (χ1v) is 9.67. The quantitative estimate of drug-likeness (QED) is 0.541. The van der Waals surface area contributed by atoms with Gasteiger partial charge in [-0.25, -0.2) is 0 Å². The highest BCUT2D eigenvalue weighted by Crippen LogP contribution is 2.27. The number of para-hydroxylation sites is 1. The van der Waals surface area contributed by atoms with E-state index in [9.17, 15) is 9.59 Å². The number of ketones is 1. The van der Waals surface area contributed by atoms with E-state index in [0.717, 1.165) is 11.1 Å². The summed E-state index contributed by atoms with van der Waals surface area (Å²) in [7, 11) is 0. The van der Waals surface area contributed by atoms with Crippen LogP contribution in [0.5, 0.6) is 5.75 Å². The molecule has 5 heteroatoms. The molecule has 148 valence electrons. The molecule has 4 nitrogen and oxygen atoms in total. The molecule has 1 amide bonds. The molecule has 0 fully saturated rings. The number of carbonyl (C=O) groups excluding carboxylic acids is 2. The molecular weight excluding hydrogens is 386 g/mol. The van der Waals surface area contributed by atoms with Crippen molar-refractivity contribution in [1.29, 1.82) is 0 Å². The van der Waals surface area contributed by atoms with Crippen LogP contribution in [0.3, 0.4) is 0 Å². The number of halogens is 1. The molecule has 0 unspecified atom stereocenters. The number of anilines is 1. The molecule has 0 aliphatic heterocycles. The third-order valence-corrected chi connectivity index (χ3v) is 5.15. The van der Waals surface area contributed by atoms with Crippen LogP contribution in [0.25, 0.3) is 0 Å². The Balaban J connectivity index is 1.76. The fraction of sp³-hybridized carbons (Fsp3) is 0.167. The Morgan fingerprint density at radius 2 is 1.52 bits per heavy atom. The highest BCUT2D eigenvalue weighted by molar-refractivity contribution is 6.32. The van der Waals surface area contributed by atoms with Gasteiger partial charge in [-0.1, -0.05) is 54.1 Å². The minimum absolute atomic E-state index is 0.154. The van der Waals surface area contributed by atoms with Crippen molar-refractivity contribution in [3.05, 3.63) is 94.0 Å². The van der Waals surface area contributed by atoms with Crippen LogP contribution in [0.2, 0.25) is 5.02 Å². The minimum Gasteiger partial charge on any atom is -0.481 e. The summed E-state index contributed by atoms with van der Waals surface area (Å²) in [5, 5.41) is 3.49. The SMILES string of the molecule is Cc1cc(O[C@H](C)C(=O)Nc2ccccc2C(=O)c2ccccc2)cc(C)c1Cl.